The molecule has 1 nitrogen and oxygen atoms in total. The minimum atomic E-state index is 0.0847. The maximum absolute atomic E-state index is 9.02. The second-order valence-electron chi connectivity index (χ2n) is 2.74. The van der Waals surface area contributed by atoms with E-state index < -0.39 is 0 Å². The zero-order valence-corrected chi connectivity index (χ0v) is 8.17. The van der Waals surface area contributed by atoms with Gasteiger partial charge in [0.05, 0.1) is 6.61 Å². The lowest BCUT2D eigenvalue weighted by Gasteiger charge is -2.00. The average Bonchev–Trinajstić information content (AvgIpc) is 2.19. The molecule has 70 valence electrons. The van der Waals surface area contributed by atoms with Gasteiger partial charge in [-0.1, -0.05) is 36.4 Å². The van der Waals surface area contributed by atoms with Crippen LogP contribution in [0.3, 0.4) is 0 Å². The van der Waals surface area contributed by atoms with E-state index in [-0.39, 0.29) is 6.61 Å². The van der Waals surface area contributed by atoms with Crippen molar-refractivity contribution < 1.29 is 5.11 Å². The summed E-state index contributed by atoms with van der Waals surface area (Å²) in [5, 5.41) is 9.02. The van der Waals surface area contributed by atoms with Gasteiger partial charge in [-0.05, 0) is 17.5 Å². The molecule has 0 radical (unpaired) electrons. The minimum absolute atomic E-state index is 0.0847. The van der Waals surface area contributed by atoms with Gasteiger partial charge >= 0.3 is 0 Å². The molecule has 0 amide bonds. The number of rotatable bonds is 4. The molecule has 0 saturated carbocycles. The molecule has 0 heterocycles. The molecule has 1 rings (SSSR count). The second kappa shape index (κ2) is 5.79. The van der Waals surface area contributed by atoms with Crippen LogP contribution in [-0.2, 0) is 6.61 Å². The third-order valence-corrected chi connectivity index (χ3v) is 2.02. The highest BCUT2D eigenvalue weighted by atomic mass is 35.5. The first kappa shape index (κ1) is 10.3. The summed E-state index contributed by atoms with van der Waals surface area (Å²) in [6.07, 6.45) is 4.87. The van der Waals surface area contributed by atoms with Crippen molar-refractivity contribution in [3.05, 3.63) is 41.5 Å². The van der Waals surface area contributed by atoms with Crippen molar-refractivity contribution in [1.82, 2.24) is 0 Å². The Morgan fingerprint density at radius 2 is 2.08 bits per heavy atom. The highest BCUT2D eigenvalue weighted by molar-refractivity contribution is 6.17. The third-order valence-electron chi connectivity index (χ3n) is 1.80. The Balaban J connectivity index is 2.74. The van der Waals surface area contributed by atoms with Crippen LogP contribution in [0.5, 0.6) is 0 Å². The Kier molecular flexibility index (Phi) is 4.58. The highest BCUT2D eigenvalue weighted by Crippen LogP contribution is 2.10. The van der Waals surface area contributed by atoms with E-state index >= 15 is 0 Å². The molecule has 0 atom stereocenters. The lowest BCUT2D eigenvalue weighted by Crippen LogP contribution is -1.86. The molecule has 1 aromatic rings. The fraction of sp³-hybridized carbons (Fsp3) is 0.273. The summed E-state index contributed by atoms with van der Waals surface area (Å²) in [7, 11) is 0. The van der Waals surface area contributed by atoms with Crippen LogP contribution in [0.25, 0.3) is 6.08 Å². The SMILES string of the molecule is OCc1ccccc1C=CCCCl. The zero-order valence-electron chi connectivity index (χ0n) is 7.41. The van der Waals surface area contributed by atoms with E-state index in [0.29, 0.717) is 5.88 Å². The Bertz CT molecular complexity index is 281. The largest absolute Gasteiger partial charge is 0.392 e. The van der Waals surface area contributed by atoms with Crippen LogP contribution >= 0.6 is 11.6 Å². The first-order valence-corrected chi connectivity index (χ1v) is 4.83. The van der Waals surface area contributed by atoms with Gasteiger partial charge in [0.2, 0.25) is 0 Å². The molecule has 0 unspecified atom stereocenters. The number of aliphatic hydroxyl groups excluding tert-OH is 1. The summed E-state index contributed by atoms with van der Waals surface area (Å²) in [5.74, 6) is 0.637. The highest BCUT2D eigenvalue weighted by Gasteiger charge is 1.94. The van der Waals surface area contributed by atoms with E-state index in [9.17, 15) is 0 Å². The fourth-order valence-corrected chi connectivity index (χ4v) is 1.24. The van der Waals surface area contributed by atoms with Crippen molar-refractivity contribution in [2.75, 3.05) is 5.88 Å². The maximum Gasteiger partial charge on any atom is 0.0687 e. The van der Waals surface area contributed by atoms with Gasteiger partial charge in [-0.25, -0.2) is 0 Å². The van der Waals surface area contributed by atoms with Crippen LogP contribution in [0.2, 0.25) is 0 Å². The van der Waals surface area contributed by atoms with Gasteiger partial charge < -0.3 is 5.11 Å². The molecule has 0 spiro atoms. The van der Waals surface area contributed by atoms with E-state index in [4.69, 9.17) is 16.7 Å². The standard InChI is InChI=1S/C11H13ClO/c12-8-4-3-6-10-5-1-2-7-11(10)9-13/h1-3,5-7,13H,4,8-9H2. The first-order valence-electron chi connectivity index (χ1n) is 4.29. The summed E-state index contributed by atoms with van der Waals surface area (Å²) in [6, 6.07) is 7.78. The number of halogens is 1. The molecule has 1 aromatic carbocycles. The number of benzene rings is 1. The van der Waals surface area contributed by atoms with Crippen LogP contribution in [0.4, 0.5) is 0 Å². The molecule has 0 bridgehead atoms. The average molecular weight is 197 g/mol. The number of allylic oxidation sites excluding steroid dienone is 1. The minimum Gasteiger partial charge on any atom is -0.392 e. The molecule has 2 heteroatoms. The van der Waals surface area contributed by atoms with E-state index in [1.807, 2.05) is 36.4 Å². The van der Waals surface area contributed by atoms with Crippen molar-refractivity contribution in [2.45, 2.75) is 13.0 Å². The predicted octanol–water partition coefficient (Wildman–Crippen LogP) is 2.82. The van der Waals surface area contributed by atoms with Crippen molar-refractivity contribution >= 4 is 17.7 Å². The van der Waals surface area contributed by atoms with Gasteiger partial charge in [-0.15, -0.1) is 11.6 Å². The van der Waals surface area contributed by atoms with Crippen molar-refractivity contribution in [2.24, 2.45) is 0 Å². The molecule has 0 aliphatic heterocycles. The van der Waals surface area contributed by atoms with E-state index in [2.05, 4.69) is 0 Å². The number of alkyl halides is 1. The first-order chi connectivity index (χ1) is 6.38. The van der Waals surface area contributed by atoms with Crippen LogP contribution in [0.1, 0.15) is 17.5 Å². The van der Waals surface area contributed by atoms with Crippen molar-refractivity contribution in [3.63, 3.8) is 0 Å². The second-order valence-corrected chi connectivity index (χ2v) is 3.11. The Hall–Kier alpha value is -0.790. The smallest absolute Gasteiger partial charge is 0.0687 e. The Labute approximate surface area is 83.7 Å². The Morgan fingerprint density at radius 3 is 2.77 bits per heavy atom. The van der Waals surface area contributed by atoms with Gasteiger partial charge in [-0.2, -0.15) is 0 Å². The molecule has 13 heavy (non-hydrogen) atoms. The fourth-order valence-electron chi connectivity index (χ4n) is 1.11. The van der Waals surface area contributed by atoms with Gasteiger partial charge in [0.1, 0.15) is 0 Å². The van der Waals surface area contributed by atoms with E-state index in [0.717, 1.165) is 17.5 Å². The lowest BCUT2D eigenvalue weighted by molar-refractivity contribution is 0.281. The van der Waals surface area contributed by atoms with Gasteiger partial charge in [0.15, 0.2) is 0 Å². The number of aliphatic hydroxyl groups is 1. The van der Waals surface area contributed by atoms with Crippen LogP contribution in [0, 0.1) is 0 Å². The molecule has 0 fully saturated rings. The molecule has 0 aliphatic rings. The van der Waals surface area contributed by atoms with Crippen molar-refractivity contribution in [3.8, 4) is 0 Å². The molecule has 0 aromatic heterocycles. The predicted molar refractivity (Wildman–Crippen MR) is 56.7 cm³/mol. The topological polar surface area (TPSA) is 20.2 Å². The van der Waals surface area contributed by atoms with E-state index in [1.54, 1.807) is 0 Å². The molecular weight excluding hydrogens is 184 g/mol. The summed E-state index contributed by atoms with van der Waals surface area (Å²) in [4.78, 5) is 0. The molecular formula is C11H13ClO. The summed E-state index contributed by atoms with van der Waals surface area (Å²) in [5.41, 5.74) is 2.02. The van der Waals surface area contributed by atoms with Gasteiger partial charge in [0, 0.05) is 5.88 Å². The number of hydrogen-bond acceptors (Lipinski definition) is 1. The monoisotopic (exact) mass is 196 g/mol. The van der Waals surface area contributed by atoms with E-state index in [1.165, 1.54) is 0 Å². The van der Waals surface area contributed by atoms with Gasteiger partial charge in [0.25, 0.3) is 0 Å². The maximum atomic E-state index is 9.02. The lowest BCUT2D eigenvalue weighted by atomic mass is 10.1. The summed E-state index contributed by atoms with van der Waals surface area (Å²) in [6.45, 7) is 0.0847. The molecule has 0 saturated heterocycles. The van der Waals surface area contributed by atoms with Gasteiger partial charge in [-0.3, -0.25) is 0 Å². The third kappa shape index (κ3) is 3.21. The quantitative estimate of drug-likeness (QED) is 0.735. The van der Waals surface area contributed by atoms with Crippen LogP contribution in [-0.4, -0.2) is 11.0 Å². The van der Waals surface area contributed by atoms with Crippen molar-refractivity contribution in [1.29, 1.82) is 0 Å². The summed E-state index contributed by atoms with van der Waals surface area (Å²) < 4.78 is 0. The normalized spacial score (nSPS) is 10.9. The number of hydrogen-bond donors (Lipinski definition) is 1. The summed E-state index contributed by atoms with van der Waals surface area (Å²) >= 11 is 5.54. The zero-order chi connectivity index (χ0) is 9.52. The van der Waals surface area contributed by atoms with Crippen LogP contribution in [0.15, 0.2) is 30.3 Å². The molecule has 1 N–H and O–H groups in total. The molecule has 0 aliphatic carbocycles. The Morgan fingerprint density at radius 1 is 1.31 bits per heavy atom. The van der Waals surface area contributed by atoms with Crippen LogP contribution < -0.4 is 0 Å².